The number of rotatable bonds is 4. The van der Waals surface area contributed by atoms with Crippen LogP contribution in [0.4, 0.5) is 4.79 Å². The molecule has 106 valence electrons. The van der Waals surface area contributed by atoms with Crippen LogP contribution in [0.15, 0.2) is 34.9 Å². The minimum Gasteiger partial charge on any atom is -0.334 e. The predicted molar refractivity (Wildman–Crippen MR) is 81.2 cm³/mol. The lowest BCUT2D eigenvalue weighted by atomic mass is 10.2. The van der Waals surface area contributed by atoms with Gasteiger partial charge in [0.15, 0.2) is 0 Å². The van der Waals surface area contributed by atoms with Crippen molar-refractivity contribution in [2.45, 2.75) is 20.0 Å². The molecule has 0 spiro atoms. The second-order valence-corrected chi connectivity index (χ2v) is 5.46. The van der Waals surface area contributed by atoms with Gasteiger partial charge in [-0.25, -0.2) is 4.79 Å². The van der Waals surface area contributed by atoms with E-state index in [2.05, 4.69) is 31.7 Å². The topological polar surface area (TPSA) is 59.0 Å². The van der Waals surface area contributed by atoms with Crippen molar-refractivity contribution in [3.63, 3.8) is 0 Å². The van der Waals surface area contributed by atoms with Gasteiger partial charge in [0, 0.05) is 35.9 Å². The summed E-state index contributed by atoms with van der Waals surface area (Å²) in [6.07, 6.45) is 1.77. The van der Waals surface area contributed by atoms with E-state index in [1.54, 1.807) is 10.9 Å². The molecule has 0 aliphatic heterocycles. The van der Waals surface area contributed by atoms with Crippen LogP contribution in [0.3, 0.4) is 0 Å². The Hall–Kier alpha value is -1.82. The minimum absolute atomic E-state index is 0.184. The molecule has 2 N–H and O–H groups in total. The molecule has 2 aromatic rings. The summed E-state index contributed by atoms with van der Waals surface area (Å²) < 4.78 is 2.81. The van der Waals surface area contributed by atoms with Crippen LogP contribution in [-0.2, 0) is 20.1 Å². The Morgan fingerprint density at radius 3 is 2.50 bits per heavy atom. The summed E-state index contributed by atoms with van der Waals surface area (Å²) >= 11 is 3.38. The van der Waals surface area contributed by atoms with Crippen molar-refractivity contribution in [2.75, 3.05) is 0 Å². The highest BCUT2D eigenvalue weighted by Gasteiger charge is 2.05. The number of halogens is 1. The highest BCUT2D eigenvalue weighted by atomic mass is 79.9. The van der Waals surface area contributed by atoms with Gasteiger partial charge in [0.2, 0.25) is 0 Å². The van der Waals surface area contributed by atoms with Crippen LogP contribution < -0.4 is 10.6 Å². The lowest BCUT2D eigenvalue weighted by molar-refractivity contribution is 0.240. The third-order valence-corrected chi connectivity index (χ3v) is 3.67. The molecule has 0 aliphatic carbocycles. The van der Waals surface area contributed by atoms with Crippen LogP contribution in [-0.4, -0.2) is 15.8 Å². The van der Waals surface area contributed by atoms with E-state index in [0.717, 1.165) is 21.3 Å². The smallest absolute Gasteiger partial charge is 0.315 e. The number of carbonyl (C=O) groups excluding carboxylic acids is 1. The Bertz CT molecular complexity index is 592. The van der Waals surface area contributed by atoms with Crippen LogP contribution in [0.1, 0.15) is 16.8 Å². The molecule has 20 heavy (non-hydrogen) atoms. The largest absolute Gasteiger partial charge is 0.334 e. The molecule has 0 atom stereocenters. The van der Waals surface area contributed by atoms with Gasteiger partial charge in [-0.15, -0.1) is 0 Å². The molecule has 1 aromatic carbocycles. The van der Waals surface area contributed by atoms with Crippen LogP contribution >= 0.6 is 15.9 Å². The van der Waals surface area contributed by atoms with Crippen LogP contribution in [0.5, 0.6) is 0 Å². The number of amides is 2. The molecule has 0 saturated carbocycles. The Morgan fingerprint density at radius 1 is 1.25 bits per heavy atom. The van der Waals surface area contributed by atoms with Gasteiger partial charge in [0.25, 0.3) is 0 Å². The first kappa shape index (κ1) is 14.6. The van der Waals surface area contributed by atoms with Crippen molar-refractivity contribution >= 4 is 22.0 Å². The fourth-order valence-electron chi connectivity index (χ4n) is 1.74. The lowest BCUT2D eigenvalue weighted by Crippen LogP contribution is -2.34. The third-order valence-electron chi connectivity index (χ3n) is 3.14. The van der Waals surface area contributed by atoms with Crippen LogP contribution in [0.2, 0.25) is 0 Å². The van der Waals surface area contributed by atoms with E-state index < -0.39 is 0 Å². The maximum atomic E-state index is 11.7. The average Bonchev–Trinajstić information content (AvgIpc) is 2.76. The van der Waals surface area contributed by atoms with E-state index in [0.29, 0.717) is 13.1 Å². The molecule has 2 amide bonds. The standard InChI is InChI=1S/C14H17BrN4O/c1-10-12(9-18-19(10)2)8-17-14(20)16-7-11-3-5-13(15)6-4-11/h3-6,9H,7-8H2,1-2H3,(H2,16,17,20). The number of nitrogens with one attached hydrogen (secondary N) is 2. The summed E-state index contributed by atoms with van der Waals surface area (Å²) in [4.78, 5) is 11.7. The van der Waals surface area contributed by atoms with E-state index in [-0.39, 0.29) is 6.03 Å². The molecular weight excluding hydrogens is 320 g/mol. The molecule has 5 nitrogen and oxygen atoms in total. The molecule has 0 fully saturated rings. The van der Waals surface area contributed by atoms with E-state index in [9.17, 15) is 4.79 Å². The van der Waals surface area contributed by atoms with E-state index in [1.807, 2.05) is 38.2 Å². The number of hydrogen-bond donors (Lipinski definition) is 2. The molecule has 0 saturated heterocycles. The number of hydrogen-bond acceptors (Lipinski definition) is 2. The number of nitrogens with zero attached hydrogens (tertiary/aromatic N) is 2. The van der Waals surface area contributed by atoms with Crippen LogP contribution in [0, 0.1) is 6.92 Å². The molecule has 6 heteroatoms. The summed E-state index contributed by atoms with van der Waals surface area (Å²) in [6, 6.07) is 7.66. The third kappa shape index (κ3) is 3.84. The Kier molecular flexibility index (Phi) is 4.79. The Balaban J connectivity index is 1.78. The maximum absolute atomic E-state index is 11.7. The quantitative estimate of drug-likeness (QED) is 0.901. The van der Waals surface area contributed by atoms with Gasteiger partial charge in [-0.2, -0.15) is 5.10 Å². The lowest BCUT2D eigenvalue weighted by Gasteiger charge is -2.07. The second kappa shape index (κ2) is 6.56. The molecule has 0 bridgehead atoms. The summed E-state index contributed by atoms with van der Waals surface area (Å²) in [6.45, 7) is 2.96. The van der Waals surface area contributed by atoms with Crippen molar-refractivity contribution in [1.82, 2.24) is 20.4 Å². The molecule has 1 heterocycles. The predicted octanol–water partition coefficient (Wildman–Crippen LogP) is 2.49. The summed E-state index contributed by atoms with van der Waals surface area (Å²) in [5, 5.41) is 9.78. The molecule has 0 unspecified atom stereocenters. The van der Waals surface area contributed by atoms with Crippen molar-refractivity contribution in [3.05, 3.63) is 51.8 Å². The SMILES string of the molecule is Cc1c(CNC(=O)NCc2ccc(Br)cc2)cnn1C. The summed E-state index contributed by atoms with van der Waals surface area (Å²) in [5.41, 5.74) is 3.13. The molecule has 1 aromatic heterocycles. The van der Waals surface area contributed by atoms with Gasteiger partial charge in [0.1, 0.15) is 0 Å². The first-order valence-corrected chi connectivity index (χ1v) is 7.09. The highest BCUT2D eigenvalue weighted by Crippen LogP contribution is 2.10. The number of aryl methyl sites for hydroxylation is 1. The molecule has 0 radical (unpaired) electrons. The van der Waals surface area contributed by atoms with Gasteiger partial charge < -0.3 is 10.6 Å². The Morgan fingerprint density at radius 2 is 1.90 bits per heavy atom. The minimum atomic E-state index is -0.184. The van der Waals surface area contributed by atoms with Crippen molar-refractivity contribution in [3.8, 4) is 0 Å². The van der Waals surface area contributed by atoms with Gasteiger partial charge >= 0.3 is 6.03 Å². The van der Waals surface area contributed by atoms with E-state index in [1.165, 1.54) is 0 Å². The fraction of sp³-hybridized carbons (Fsp3) is 0.286. The number of carbonyl (C=O) groups is 1. The number of benzene rings is 1. The van der Waals surface area contributed by atoms with Crippen molar-refractivity contribution in [1.29, 1.82) is 0 Å². The van der Waals surface area contributed by atoms with Gasteiger partial charge in [0.05, 0.1) is 6.20 Å². The summed E-state index contributed by atoms with van der Waals surface area (Å²) in [5.74, 6) is 0. The zero-order valence-corrected chi connectivity index (χ0v) is 13.1. The van der Waals surface area contributed by atoms with E-state index >= 15 is 0 Å². The first-order chi connectivity index (χ1) is 9.56. The molecule has 2 rings (SSSR count). The van der Waals surface area contributed by atoms with Gasteiger partial charge in [-0.3, -0.25) is 4.68 Å². The van der Waals surface area contributed by atoms with Gasteiger partial charge in [-0.05, 0) is 24.6 Å². The Labute approximate surface area is 126 Å². The molecular formula is C14H17BrN4O. The van der Waals surface area contributed by atoms with Crippen molar-refractivity contribution in [2.24, 2.45) is 7.05 Å². The zero-order valence-electron chi connectivity index (χ0n) is 11.5. The fourth-order valence-corrected chi connectivity index (χ4v) is 2.00. The monoisotopic (exact) mass is 336 g/mol. The first-order valence-electron chi connectivity index (χ1n) is 6.30. The number of aromatic nitrogens is 2. The van der Waals surface area contributed by atoms with Crippen LogP contribution in [0.25, 0.3) is 0 Å². The zero-order chi connectivity index (χ0) is 14.5. The highest BCUT2D eigenvalue weighted by molar-refractivity contribution is 9.10. The van der Waals surface area contributed by atoms with Gasteiger partial charge in [-0.1, -0.05) is 28.1 Å². The normalized spacial score (nSPS) is 10.3. The maximum Gasteiger partial charge on any atom is 0.315 e. The van der Waals surface area contributed by atoms with E-state index in [4.69, 9.17) is 0 Å². The average molecular weight is 337 g/mol. The number of urea groups is 1. The van der Waals surface area contributed by atoms with Crippen molar-refractivity contribution < 1.29 is 4.79 Å². The second-order valence-electron chi connectivity index (χ2n) is 4.54. The summed E-state index contributed by atoms with van der Waals surface area (Å²) in [7, 11) is 1.88. The molecule has 0 aliphatic rings.